The molecule has 0 aliphatic carbocycles. The van der Waals surface area contributed by atoms with Crippen LogP contribution in [-0.2, 0) is 4.74 Å². The number of benzene rings is 1. The third kappa shape index (κ3) is 3.23. The normalized spacial score (nSPS) is 12.7. The summed E-state index contributed by atoms with van der Waals surface area (Å²) in [5, 5.41) is 0. The Balaban J connectivity index is 2.74. The first-order valence-electron chi connectivity index (χ1n) is 5.61. The summed E-state index contributed by atoms with van der Waals surface area (Å²) in [6, 6.07) is 7.60. The minimum Gasteiger partial charge on any atom is -0.431 e. The third-order valence-electron chi connectivity index (χ3n) is 2.64. The minimum atomic E-state index is -0.311. The summed E-state index contributed by atoms with van der Waals surface area (Å²) in [5.74, 6) is 0.217. The third-order valence-corrected chi connectivity index (χ3v) is 2.64. The SMILES string of the molecule is C/C=C/OC(=O)c1ccc(C(C)CC)cc1. The Labute approximate surface area is 96.9 Å². The van der Waals surface area contributed by atoms with E-state index in [1.807, 2.05) is 24.3 Å². The van der Waals surface area contributed by atoms with Gasteiger partial charge in [-0.05, 0) is 37.0 Å². The number of hydrogen-bond acceptors (Lipinski definition) is 2. The van der Waals surface area contributed by atoms with Crippen LogP contribution in [0.3, 0.4) is 0 Å². The Kier molecular flexibility index (Phi) is 4.77. The molecule has 0 aromatic heterocycles. The number of rotatable bonds is 4. The molecule has 0 amide bonds. The second kappa shape index (κ2) is 6.11. The van der Waals surface area contributed by atoms with Crippen LogP contribution in [0.4, 0.5) is 0 Å². The van der Waals surface area contributed by atoms with Crippen molar-refractivity contribution >= 4 is 5.97 Å². The summed E-state index contributed by atoms with van der Waals surface area (Å²) < 4.78 is 4.88. The molecule has 0 heterocycles. The molecule has 0 spiro atoms. The first-order valence-corrected chi connectivity index (χ1v) is 5.61. The molecule has 1 atom stereocenters. The molecule has 0 saturated carbocycles. The van der Waals surface area contributed by atoms with Crippen molar-refractivity contribution in [2.24, 2.45) is 0 Å². The maximum Gasteiger partial charge on any atom is 0.342 e. The number of allylic oxidation sites excluding steroid dienone is 1. The van der Waals surface area contributed by atoms with Gasteiger partial charge in [0.15, 0.2) is 0 Å². The second-order valence-corrected chi connectivity index (χ2v) is 3.81. The van der Waals surface area contributed by atoms with Crippen LogP contribution in [0.2, 0.25) is 0 Å². The zero-order valence-corrected chi connectivity index (χ0v) is 10.1. The lowest BCUT2D eigenvalue weighted by atomic mass is 9.98. The lowest BCUT2D eigenvalue weighted by molar-refractivity contribution is 0.0662. The Morgan fingerprint density at radius 3 is 2.50 bits per heavy atom. The van der Waals surface area contributed by atoms with Crippen LogP contribution in [0.1, 0.15) is 49.0 Å². The topological polar surface area (TPSA) is 26.3 Å². The van der Waals surface area contributed by atoms with E-state index in [1.54, 1.807) is 13.0 Å². The molecule has 86 valence electrons. The van der Waals surface area contributed by atoms with Crippen LogP contribution in [0.25, 0.3) is 0 Å². The molecule has 16 heavy (non-hydrogen) atoms. The first kappa shape index (κ1) is 12.5. The highest BCUT2D eigenvalue weighted by atomic mass is 16.5. The Morgan fingerprint density at radius 1 is 1.38 bits per heavy atom. The smallest absolute Gasteiger partial charge is 0.342 e. The van der Waals surface area contributed by atoms with Gasteiger partial charge in [0.25, 0.3) is 0 Å². The van der Waals surface area contributed by atoms with Crippen molar-refractivity contribution in [1.29, 1.82) is 0 Å². The summed E-state index contributed by atoms with van der Waals surface area (Å²) in [6.45, 7) is 6.13. The van der Waals surface area contributed by atoms with Crippen molar-refractivity contribution in [2.75, 3.05) is 0 Å². The van der Waals surface area contributed by atoms with Crippen molar-refractivity contribution in [2.45, 2.75) is 33.1 Å². The molecule has 0 radical (unpaired) electrons. The number of esters is 1. The molecular weight excluding hydrogens is 200 g/mol. The van der Waals surface area contributed by atoms with Crippen LogP contribution in [0.15, 0.2) is 36.6 Å². The van der Waals surface area contributed by atoms with Crippen LogP contribution >= 0.6 is 0 Å². The van der Waals surface area contributed by atoms with Crippen molar-refractivity contribution in [3.63, 3.8) is 0 Å². The van der Waals surface area contributed by atoms with E-state index in [0.29, 0.717) is 11.5 Å². The second-order valence-electron chi connectivity index (χ2n) is 3.81. The van der Waals surface area contributed by atoms with Crippen molar-refractivity contribution in [1.82, 2.24) is 0 Å². The highest BCUT2D eigenvalue weighted by Crippen LogP contribution is 2.18. The van der Waals surface area contributed by atoms with Gasteiger partial charge in [-0.2, -0.15) is 0 Å². The fourth-order valence-corrected chi connectivity index (χ4v) is 1.38. The monoisotopic (exact) mass is 218 g/mol. The van der Waals surface area contributed by atoms with E-state index in [4.69, 9.17) is 4.74 Å². The predicted octanol–water partition coefficient (Wildman–Crippen LogP) is 3.89. The molecule has 0 N–H and O–H groups in total. The molecule has 0 saturated heterocycles. The maximum atomic E-state index is 11.5. The van der Waals surface area contributed by atoms with E-state index in [2.05, 4.69) is 13.8 Å². The summed E-state index contributed by atoms with van der Waals surface area (Å²) in [6.07, 6.45) is 4.18. The molecule has 1 rings (SSSR count). The fraction of sp³-hybridized carbons (Fsp3) is 0.357. The minimum absolute atomic E-state index is 0.311. The number of ether oxygens (including phenoxy) is 1. The molecule has 2 heteroatoms. The summed E-state index contributed by atoms with van der Waals surface area (Å²) in [5.41, 5.74) is 1.84. The van der Waals surface area contributed by atoms with Crippen LogP contribution in [-0.4, -0.2) is 5.97 Å². The predicted molar refractivity (Wildman–Crippen MR) is 65.4 cm³/mol. The van der Waals surface area contributed by atoms with Gasteiger partial charge in [0.2, 0.25) is 0 Å². The number of carbonyl (C=O) groups excluding carboxylic acids is 1. The van der Waals surface area contributed by atoms with Crippen molar-refractivity contribution in [3.05, 3.63) is 47.7 Å². The Bertz CT molecular complexity index is 363. The molecular formula is C14H18O2. The average Bonchev–Trinajstić information content (AvgIpc) is 2.35. The zero-order valence-electron chi connectivity index (χ0n) is 10.1. The van der Waals surface area contributed by atoms with Gasteiger partial charge in [-0.15, -0.1) is 0 Å². The van der Waals surface area contributed by atoms with E-state index in [9.17, 15) is 4.79 Å². The lowest BCUT2D eigenvalue weighted by Crippen LogP contribution is -2.01. The summed E-state index contributed by atoms with van der Waals surface area (Å²) in [7, 11) is 0. The van der Waals surface area contributed by atoms with Crippen LogP contribution < -0.4 is 0 Å². The first-order chi connectivity index (χ1) is 7.69. The molecule has 0 aliphatic rings. The van der Waals surface area contributed by atoms with Gasteiger partial charge in [-0.1, -0.05) is 32.1 Å². The number of hydrogen-bond donors (Lipinski definition) is 0. The Morgan fingerprint density at radius 2 is 2.00 bits per heavy atom. The van der Waals surface area contributed by atoms with Gasteiger partial charge in [0, 0.05) is 0 Å². The van der Waals surface area contributed by atoms with Gasteiger partial charge in [-0.25, -0.2) is 4.79 Å². The maximum absolute atomic E-state index is 11.5. The van der Waals surface area contributed by atoms with Gasteiger partial charge in [0.1, 0.15) is 0 Å². The highest BCUT2D eigenvalue weighted by molar-refractivity contribution is 5.89. The van der Waals surface area contributed by atoms with E-state index in [-0.39, 0.29) is 5.97 Å². The van der Waals surface area contributed by atoms with Gasteiger partial charge in [0.05, 0.1) is 11.8 Å². The van der Waals surface area contributed by atoms with Gasteiger partial charge < -0.3 is 4.74 Å². The van der Waals surface area contributed by atoms with Gasteiger partial charge >= 0.3 is 5.97 Å². The molecule has 0 bridgehead atoms. The molecule has 0 fully saturated rings. The van der Waals surface area contributed by atoms with Crippen molar-refractivity contribution < 1.29 is 9.53 Å². The summed E-state index contributed by atoms with van der Waals surface area (Å²) in [4.78, 5) is 11.5. The number of carbonyl (C=O) groups is 1. The van der Waals surface area contributed by atoms with Crippen molar-refractivity contribution in [3.8, 4) is 0 Å². The van der Waals surface area contributed by atoms with Crippen LogP contribution in [0.5, 0.6) is 0 Å². The lowest BCUT2D eigenvalue weighted by Gasteiger charge is -2.08. The quantitative estimate of drug-likeness (QED) is 0.566. The molecule has 0 aliphatic heterocycles. The standard InChI is InChI=1S/C14H18O2/c1-4-10-16-14(15)13-8-6-12(7-9-13)11(3)5-2/h4,6-11H,5H2,1-3H3/b10-4+. The average molecular weight is 218 g/mol. The van der Waals surface area contributed by atoms with E-state index < -0.39 is 0 Å². The molecule has 1 unspecified atom stereocenters. The van der Waals surface area contributed by atoms with Crippen LogP contribution in [0, 0.1) is 0 Å². The summed E-state index contributed by atoms with van der Waals surface area (Å²) >= 11 is 0. The van der Waals surface area contributed by atoms with Gasteiger partial charge in [-0.3, -0.25) is 0 Å². The molecule has 1 aromatic carbocycles. The molecule has 1 aromatic rings. The van der Waals surface area contributed by atoms with E-state index in [0.717, 1.165) is 6.42 Å². The highest BCUT2D eigenvalue weighted by Gasteiger charge is 2.07. The van der Waals surface area contributed by atoms with E-state index >= 15 is 0 Å². The zero-order chi connectivity index (χ0) is 12.0. The largest absolute Gasteiger partial charge is 0.431 e. The fourth-order valence-electron chi connectivity index (χ4n) is 1.38. The Hall–Kier alpha value is -1.57. The molecule has 2 nitrogen and oxygen atoms in total. The van der Waals surface area contributed by atoms with E-state index in [1.165, 1.54) is 11.8 Å².